The van der Waals surface area contributed by atoms with E-state index in [1.165, 1.54) is 12.1 Å². The van der Waals surface area contributed by atoms with Crippen molar-refractivity contribution in [3.8, 4) is 0 Å². The zero-order valence-electron chi connectivity index (χ0n) is 15.4. The van der Waals surface area contributed by atoms with Crippen molar-refractivity contribution >= 4 is 29.5 Å². The van der Waals surface area contributed by atoms with Crippen molar-refractivity contribution in [1.82, 2.24) is 15.5 Å². The molecule has 0 fully saturated rings. The van der Waals surface area contributed by atoms with Gasteiger partial charge in [-0.2, -0.15) is 5.10 Å². The molecule has 28 heavy (non-hydrogen) atoms. The summed E-state index contributed by atoms with van der Waals surface area (Å²) in [5.74, 6) is -0.797. The zero-order valence-corrected chi connectivity index (χ0v) is 15.4. The second kappa shape index (κ2) is 8.31. The fourth-order valence-electron chi connectivity index (χ4n) is 3.04. The Hall–Kier alpha value is -3.06. The fraction of sp³-hybridized carbons (Fsp3) is 0.238. The monoisotopic (exact) mass is 385 g/mol. The highest BCUT2D eigenvalue weighted by Crippen LogP contribution is 2.26. The molecule has 2 aromatic carbocycles. The molecule has 3 N–H and O–H groups in total. The van der Waals surface area contributed by atoms with Crippen LogP contribution < -0.4 is 5.32 Å². The second-order valence-electron chi connectivity index (χ2n) is 6.95. The van der Waals surface area contributed by atoms with Gasteiger partial charge in [0.05, 0.1) is 16.8 Å². The van der Waals surface area contributed by atoms with Gasteiger partial charge in [0.2, 0.25) is 6.41 Å². The van der Waals surface area contributed by atoms with Gasteiger partial charge in [-0.25, -0.2) is 8.78 Å². The summed E-state index contributed by atoms with van der Waals surface area (Å²) in [6.07, 6.45) is 4.19. The Bertz CT molecular complexity index is 1010. The van der Waals surface area contributed by atoms with Gasteiger partial charge in [0.15, 0.2) is 0 Å². The lowest BCUT2D eigenvalue weighted by Gasteiger charge is -2.23. The summed E-state index contributed by atoms with van der Waals surface area (Å²) in [6, 6.07) is 9.34. The van der Waals surface area contributed by atoms with Gasteiger partial charge in [-0.1, -0.05) is 18.2 Å². The van der Waals surface area contributed by atoms with Crippen molar-refractivity contribution in [3.63, 3.8) is 0 Å². The molecule has 7 heteroatoms. The Morgan fingerprint density at radius 2 is 2.00 bits per heavy atom. The molecule has 0 saturated carbocycles. The molecule has 0 aliphatic heterocycles. The van der Waals surface area contributed by atoms with Gasteiger partial charge < -0.3 is 10.4 Å². The number of aromatic nitrogens is 2. The summed E-state index contributed by atoms with van der Waals surface area (Å²) >= 11 is 0. The van der Waals surface area contributed by atoms with Crippen LogP contribution in [0.1, 0.15) is 30.2 Å². The van der Waals surface area contributed by atoms with Crippen molar-refractivity contribution in [2.75, 3.05) is 6.54 Å². The molecular formula is C21H21F2N3O2. The maximum absolute atomic E-state index is 14.5. The molecule has 1 unspecified atom stereocenters. The zero-order chi connectivity index (χ0) is 20.1. The van der Waals surface area contributed by atoms with Crippen LogP contribution in [0.4, 0.5) is 8.78 Å². The number of carbonyl (C=O) groups excluding carboxylic acids is 1. The van der Waals surface area contributed by atoms with Gasteiger partial charge in [0, 0.05) is 23.9 Å². The first-order valence-corrected chi connectivity index (χ1v) is 8.88. The summed E-state index contributed by atoms with van der Waals surface area (Å²) in [5, 5.41) is 20.6. The van der Waals surface area contributed by atoms with Gasteiger partial charge in [0.25, 0.3) is 0 Å². The standard InChI is InChI=1S/C21H21F2N3O2/c1-21(28,8-9-24-13-27)12-15-10-16-19(25-26-20(16)11-18(15)23)7-6-14-4-2-3-5-17(14)22/h2-7,10-11,13,28H,8-9,12H2,1H3,(H,24,27)(H,25,26)/b7-6+. The number of H-pyrrole nitrogens is 1. The summed E-state index contributed by atoms with van der Waals surface area (Å²) in [6.45, 7) is 1.89. The lowest BCUT2D eigenvalue weighted by molar-refractivity contribution is -0.109. The van der Waals surface area contributed by atoms with Crippen LogP contribution in [0.2, 0.25) is 0 Å². The summed E-state index contributed by atoms with van der Waals surface area (Å²) in [4.78, 5) is 10.3. The Labute approximate surface area is 161 Å². The fourth-order valence-corrected chi connectivity index (χ4v) is 3.04. The number of nitrogens with one attached hydrogen (secondary N) is 2. The number of hydrogen-bond donors (Lipinski definition) is 3. The molecule has 146 valence electrons. The molecule has 1 heterocycles. The van der Waals surface area contributed by atoms with E-state index in [0.29, 0.717) is 40.7 Å². The van der Waals surface area contributed by atoms with Crippen molar-refractivity contribution in [2.45, 2.75) is 25.4 Å². The average molecular weight is 385 g/mol. The number of aliphatic hydroxyl groups is 1. The van der Waals surface area contributed by atoms with Gasteiger partial charge in [-0.05, 0) is 49.3 Å². The molecule has 0 saturated heterocycles. The quantitative estimate of drug-likeness (QED) is 0.411. The van der Waals surface area contributed by atoms with E-state index in [1.807, 2.05) is 0 Å². The molecule has 1 amide bonds. The number of nitrogens with zero attached hydrogens (tertiary/aromatic N) is 1. The van der Waals surface area contributed by atoms with Crippen LogP contribution in [-0.4, -0.2) is 33.9 Å². The minimum absolute atomic E-state index is 0.0803. The lowest BCUT2D eigenvalue weighted by atomic mass is 9.92. The number of hydrogen-bond acceptors (Lipinski definition) is 3. The highest BCUT2D eigenvalue weighted by atomic mass is 19.1. The van der Waals surface area contributed by atoms with Gasteiger partial charge in [-0.15, -0.1) is 0 Å². The predicted molar refractivity (Wildman–Crippen MR) is 104 cm³/mol. The SMILES string of the molecule is CC(O)(CCNC=O)Cc1cc2c(/C=C/c3ccccc3F)n[nH]c2cc1F. The number of benzene rings is 2. The van der Waals surface area contributed by atoms with Crippen molar-refractivity contribution in [2.24, 2.45) is 0 Å². The smallest absolute Gasteiger partial charge is 0.207 e. The van der Waals surface area contributed by atoms with Crippen LogP contribution in [0.25, 0.3) is 23.1 Å². The first-order valence-electron chi connectivity index (χ1n) is 8.88. The number of fused-ring (bicyclic) bond motifs is 1. The summed E-state index contributed by atoms with van der Waals surface area (Å²) in [5.41, 5.74) is 0.632. The van der Waals surface area contributed by atoms with Crippen LogP contribution >= 0.6 is 0 Å². The lowest BCUT2D eigenvalue weighted by Crippen LogP contribution is -2.32. The highest BCUT2D eigenvalue weighted by molar-refractivity contribution is 5.90. The topological polar surface area (TPSA) is 78.0 Å². The van der Waals surface area contributed by atoms with Crippen molar-refractivity contribution in [1.29, 1.82) is 0 Å². The predicted octanol–water partition coefficient (Wildman–Crippen LogP) is 3.44. The Balaban J connectivity index is 1.88. The van der Waals surface area contributed by atoms with E-state index in [1.54, 1.807) is 43.3 Å². The van der Waals surface area contributed by atoms with E-state index in [0.717, 1.165) is 0 Å². The molecule has 0 aliphatic carbocycles. The first-order chi connectivity index (χ1) is 13.4. The summed E-state index contributed by atoms with van der Waals surface area (Å²) in [7, 11) is 0. The maximum Gasteiger partial charge on any atom is 0.207 e. The molecule has 0 spiro atoms. The van der Waals surface area contributed by atoms with Crippen LogP contribution in [0.5, 0.6) is 0 Å². The third-order valence-corrected chi connectivity index (χ3v) is 4.55. The number of amides is 1. The highest BCUT2D eigenvalue weighted by Gasteiger charge is 2.23. The molecule has 1 atom stereocenters. The average Bonchev–Trinajstić information content (AvgIpc) is 3.03. The number of carbonyl (C=O) groups is 1. The van der Waals surface area contributed by atoms with E-state index in [9.17, 15) is 18.7 Å². The molecular weight excluding hydrogens is 364 g/mol. The molecule has 5 nitrogen and oxygen atoms in total. The van der Waals surface area contributed by atoms with Crippen molar-refractivity contribution < 1.29 is 18.7 Å². The Morgan fingerprint density at radius 1 is 1.21 bits per heavy atom. The van der Waals surface area contributed by atoms with Crippen LogP contribution in [0.3, 0.4) is 0 Å². The molecule has 0 radical (unpaired) electrons. The minimum Gasteiger partial charge on any atom is -0.390 e. The van der Waals surface area contributed by atoms with Crippen LogP contribution in [0, 0.1) is 11.6 Å². The summed E-state index contributed by atoms with van der Waals surface area (Å²) < 4.78 is 28.2. The molecule has 3 rings (SSSR count). The van der Waals surface area contributed by atoms with E-state index in [4.69, 9.17) is 0 Å². The van der Waals surface area contributed by atoms with Gasteiger partial charge in [0.1, 0.15) is 11.6 Å². The maximum atomic E-state index is 14.5. The number of halogens is 2. The molecule has 0 bridgehead atoms. The van der Waals surface area contributed by atoms with Crippen LogP contribution in [-0.2, 0) is 11.2 Å². The van der Waals surface area contributed by atoms with Crippen LogP contribution in [0.15, 0.2) is 36.4 Å². The molecule has 3 aromatic rings. The first kappa shape index (κ1) is 19.7. The minimum atomic E-state index is -1.18. The normalized spacial score (nSPS) is 13.7. The third-order valence-electron chi connectivity index (χ3n) is 4.55. The van der Waals surface area contributed by atoms with E-state index < -0.39 is 11.4 Å². The molecule has 1 aromatic heterocycles. The van der Waals surface area contributed by atoms with Gasteiger partial charge in [-0.3, -0.25) is 9.89 Å². The van der Waals surface area contributed by atoms with Gasteiger partial charge >= 0.3 is 0 Å². The molecule has 0 aliphatic rings. The Kier molecular flexibility index (Phi) is 5.84. The third kappa shape index (κ3) is 4.61. The number of aromatic amines is 1. The van der Waals surface area contributed by atoms with E-state index >= 15 is 0 Å². The largest absolute Gasteiger partial charge is 0.390 e. The second-order valence-corrected chi connectivity index (χ2v) is 6.95. The number of rotatable bonds is 8. The van der Waals surface area contributed by atoms with Crippen molar-refractivity contribution in [3.05, 3.63) is 64.9 Å². The Morgan fingerprint density at radius 3 is 2.75 bits per heavy atom. The van der Waals surface area contributed by atoms with E-state index in [2.05, 4.69) is 15.5 Å². The van der Waals surface area contributed by atoms with E-state index in [-0.39, 0.29) is 18.7 Å².